The smallest absolute Gasteiger partial charge is 0.416 e. The van der Waals surface area contributed by atoms with Crippen molar-refractivity contribution < 1.29 is 27.1 Å². The third kappa shape index (κ3) is 3.71. The fourth-order valence-electron chi connectivity index (χ4n) is 2.26. The van der Waals surface area contributed by atoms with E-state index in [1.807, 2.05) is 0 Å². The lowest BCUT2D eigenvalue weighted by Crippen LogP contribution is -2.11. The van der Waals surface area contributed by atoms with E-state index in [4.69, 9.17) is 9.15 Å². The second kappa shape index (κ2) is 6.43. The maximum Gasteiger partial charge on any atom is 0.416 e. The molecule has 0 saturated carbocycles. The molecule has 0 radical (unpaired) electrons. The predicted molar refractivity (Wildman–Crippen MR) is 83.0 cm³/mol. The second-order valence-electron chi connectivity index (χ2n) is 5.25. The van der Waals surface area contributed by atoms with Crippen LogP contribution in [0.2, 0.25) is 0 Å². The van der Waals surface area contributed by atoms with Crippen LogP contribution in [0.5, 0.6) is 0 Å². The summed E-state index contributed by atoms with van der Waals surface area (Å²) in [6.45, 7) is -0.376. The summed E-state index contributed by atoms with van der Waals surface area (Å²) in [5.41, 5.74) is -0.849. The van der Waals surface area contributed by atoms with Gasteiger partial charge in [0.05, 0.1) is 10.9 Å². The van der Waals surface area contributed by atoms with Crippen LogP contribution in [0, 0.1) is 0 Å². The SMILES string of the molecule is O=C(OCc1cccc(C(F)(F)F)c1)c1cc(=O)c2ccccc2o1. The number of rotatable bonds is 3. The van der Waals surface area contributed by atoms with Gasteiger partial charge in [0.2, 0.25) is 5.76 Å². The minimum absolute atomic E-state index is 0.173. The van der Waals surface area contributed by atoms with Gasteiger partial charge in [-0.05, 0) is 29.8 Å². The summed E-state index contributed by atoms with van der Waals surface area (Å²) in [7, 11) is 0. The Morgan fingerprint density at radius 3 is 2.56 bits per heavy atom. The summed E-state index contributed by atoms with van der Waals surface area (Å²) in [4.78, 5) is 24.0. The number of hydrogen-bond acceptors (Lipinski definition) is 4. The van der Waals surface area contributed by atoms with Crippen LogP contribution in [-0.4, -0.2) is 5.97 Å². The average Bonchev–Trinajstić information content (AvgIpc) is 2.59. The summed E-state index contributed by atoms with van der Waals surface area (Å²) in [5, 5.41) is 0.317. The maximum absolute atomic E-state index is 12.7. The third-order valence-corrected chi connectivity index (χ3v) is 3.46. The molecule has 0 spiro atoms. The Bertz CT molecular complexity index is 989. The molecular weight excluding hydrogens is 337 g/mol. The Hall–Kier alpha value is -3.09. The van der Waals surface area contributed by atoms with Crippen LogP contribution < -0.4 is 5.43 Å². The molecule has 0 N–H and O–H groups in total. The monoisotopic (exact) mass is 348 g/mol. The van der Waals surface area contributed by atoms with Crippen molar-refractivity contribution in [2.75, 3.05) is 0 Å². The molecule has 1 heterocycles. The van der Waals surface area contributed by atoms with Gasteiger partial charge in [0.25, 0.3) is 0 Å². The van der Waals surface area contributed by atoms with E-state index in [0.717, 1.165) is 18.2 Å². The van der Waals surface area contributed by atoms with E-state index in [1.54, 1.807) is 18.2 Å². The van der Waals surface area contributed by atoms with Gasteiger partial charge < -0.3 is 9.15 Å². The zero-order chi connectivity index (χ0) is 18.0. The van der Waals surface area contributed by atoms with E-state index < -0.39 is 23.1 Å². The molecule has 0 amide bonds. The van der Waals surface area contributed by atoms with Crippen molar-refractivity contribution >= 4 is 16.9 Å². The summed E-state index contributed by atoms with van der Waals surface area (Å²) >= 11 is 0. The topological polar surface area (TPSA) is 56.5 Å². The molecule has 3 rings (SSSR count). The van der Waals surface area contributed by atoms with Crippen molar-refractivity contribution in [1.29, 1.82) is 0 Å². The molecule has 4 nitrogen and oxygen atoms in total. The summed E-state index contributed by atoms with van der Waals surface area (Å²) in [6, 6.07) is 11.8. The average molecular weight is 348 g/mol. The van der Waals surface area contributed by atoms with Gasteiger partial charge in [0.1, 0.15) is 12.2 Å². The summed E-state index contributed by atoms with van der Waals surface area (Å²) < 4.78 is 48.3. The predicted octanol–water partition coefficient (Wildman–Crippen LogP) is 4.17. The summed E-state index contributed by atoms with van der Waals surface area (Å²) in [6.07, 6.45) is -4.48. The van der Waals surface area contributed by atoms with Crippen LogP contribution in [0.25, 0.3) is 11.0 Å². The van der Waals surface area contributed by atoms with E-state index >= 15 is 0 Å². The van der Waals surface area contributed by atoms with Crippen molar-refractivity contribution in [2.24, 2.45) is 0 Å². The van der Waals surface area contributed by atoms with Gasteiger partial charge in [0.15, 0.2) is 5.43 Å². The van der Waals surface area contributed by atoms with Gasteiger partial charge in [-0.2, -0.15) is 13.2 Å². The van der Waals surface area contributed by atoms with Gasteiger partial charge in [0, 0.05) is 6.07 Å². The molecule has 25 heavy (non-hydrogen) atoms. The first-order valence-corrected chi connectivity index (χ1v) is 7.21. The van der Waals surface area contributed by atoms with Crippen molar-refractivity contribution in [3.05, 3.63) is 81.7 Å². The fraction of sp³-hybridized carbons (Fsp3) is 0.111. The molecule has 0 aliphatic heterocycles. The molecule has 0 bridgehead atoms. The molecular formula is C18H11F3O4. The number of para-hydroxylation sites is 1. The number of ether oxygens (including phenoxy) is 1. The van der Waals surface area contributed by atoms with Crippen LogP contribution in [0.15, 0.2) is 63.8 Å². The lowest BCUT2D eigenvalue weighted by molar-refractivity contribution is -0.137. The number of carbonyl (C=O) groups is 1. The normalized spacial score (nSPS) is 11.5. The van der Waals surface area contributed by atoms with E-state index in [9.17, 15) is 22.8 Å². The van der Waals surface area contributed by atoms with E-state index in [1.165, 1.54) is 18.2 Å². The third-order valence-electron chi connectivity index (χ3n) is 3.46. The van der Waals surface area contributed by atoms with Crippen LogP contribution in [-0.2, 0) is 17.5 Å². The molecule has 3 aromatic rings. The number of esters is 1. The van der Waals surface area contributed by atoms with Crippen molar-refractivity contribution in [3.8, 4) is 0 Å². The molecule has 2 aromatic carbocycles. The highest BCUT2D eigenvalue weighted by Gasteiger charge is 2.30. The Labute approximate surface area is 139 Å². The Morgan fingerprint density at radius 2 is 1.80 bits per heavy atom. The van der Waals surface area contributed by atoms with Gasteiger partial charge in [-0.1, -0.05) is 24.3 Å². The molecule has 1 aromatic heterocycles. The molecule has 0 unspecified atom stereocenters. The first kappa shape index (κ1) is 16.8. The molecule has 0 fully saturated rings. The molecule has 7 heteroatoms. The van der Waals surface area contributed by atoms with Crippen molar-refractivity contribution in [2.45, 2.75) is 12.8 Å². The molecule has 0 aliphatic rings. The minimum Gasteiger partial charge on any atom is -0.455 e. The maximum atomic E-state index is 12.7. The Balaban J connectivity index is 1.78. The second-order valence-corrected chi connectivity index (χ2v) is 5.25. The van der Waals surface area contributed by atoms with E-state index in [2.05, 4.69) is 0 Å². The number of benzene rings is 2. The van der Waals surface area contributed by atoms with Crippen LogP contribution in [0.1, 0.15) is 21.7 Å². The Kier molecular flexibility index (Phi) is 4.31. The van der Waals surface area contributed by atoms with Gasteiger partial charge in [-0.25, -0.2) is 4.79 Å². The highest BCUT2D eigenvalue weighted by atomic mass is 19.4. The first-order chi connectivity index (χ1) is 11.8. The van der Waals surface area contributed by atoms with Crippen LogP contribution in [0.3, 0.4) is 0 Å². The van der Waals surface area contributed by atoms with Crippen molar-refractivity contribution in [1.82, 2.24) is 0 Å². The molecule has 0 aliphatic carbocycles. The number of hydrogen-bond donors (Lipinski definition) is 0. The minimum atomic E-state index is -4.48. The van der Waals surface area contributed by atoms with Gasteiger partial charge >= 0.3 is 12.1 Å². The highest BCUT2D eigenvalue weighted by Crippen LogP contribution is 2.29. The summed E-state index contributed by atoms with van der Waals surface area (Å²) in [5.74, 6) is -1.24. The van der Waals surface area contributed by atoms with Crippen LogP contribution >= 0.6 is 0 Å². The number of alkyl halides is 3. The van der Waals surface area contributed by atoms with Crippen LogP contribution in [0.4, 0.5) is 13.2 Å². The zero-order valence-corrected chi connectivity index (χ0v) is 12.7. The number of fused-ring (bicyclic) bond motifs is 1. The van der Waals surface area contributed by atoms with Gasteiger partial charge in [-0.15, -0.1) is 0 Å². The Morgan fingerprint density at radius 1 is 1.04 bits per heavy atom. The standard InChI is InChI=1S/C18H11F3O4/c19-18(20,21)12-5-3-4-11(8-12)10-24-17(23)16-9-14(22)13-6-1-2-7-15(13)25-16/h1-9H,10H2. The lowest BCUT2D eigenvalue weighted by atomic mass is 10.1. The van der Waals surface area contributed by atoms with Crippen molar-refractivity contribution in [3.63, 3.8) is 0 Å². The van der Waals surface area contributed by atoms with Gasteiger partial charge in [-0.3, -0.25) is 4.79 Å². The quantitative estimate of drug-likeness (QED) is 0.667. The zero-order valence-electron chi connectivity index (χ0n) is 12.7. The number of halogens is 3. The molecule has 128 valence electrons. The fourth-order valence-corrected chi connectivity index (χ4v) is 2.26. The molecule has 0 saturated heterocycles. The lowest BCUT2D eigenvalue weighted by Gasteiger charge is -2.09. The largest absolute Gasteiger partial charge is 0.455 e. The number of carbonyl (C=O) groups excluding carboxylic acids is 1. The molecule has 0 atom stereocenters. The first-order valence-electron chi connectivity index (χ1n) is 7.21. The van der Waals surface area contributed by atoms with E-state index in [-0.39, 0.29) is 23.5 Å². The highest BCUT2D eigenvalue weighted by molar-refractivity contribution is 5.88. The van der Waals surface area contributed by atoms with E-state index in [0.29, 0.717) is 5.39 Å².